The second kappa shape index (κ2) is 13.1. The smallest absolute Gasteiger partial charge is 0.233 e. The lowest BCUT2D eigenvalue weighted by Crippen LogP contribution is -2.43. The Morgan fingerprint density at radius 3 is 2.60 bits per heavy atom. The van der Waals surface area contributed by atoms with Gasteiger partial charge in [-0.05, 0) is 29.8 Å². The highest BCUT2D eigenvalue weighted by atomic mass is 35.5. The first-order chi connectivity index (χ1) is 16.4. The summed E-state index contributed by atoms with van der Waals surface area (Å²) < 4.78 is 11.8. The molecule has 1 aromatic heterocycles. The fraction of sp³-hybridized carbons (Fsp3) is 0.440. The summed E-state index contributed by atoms with van der Waals surface area (Å²) in [5.74, 6) is 0.674. The lowest BCUT2D eigenvalue weighted by molar-refractivity contribution is -0.118. The van der Waals surface area contributed by atoms with Gasteiger partial charge in [-0.1, -0.05) is 48.9 Å². The zero-order chi connectivity index (χ0) is 24.1. The predicted octanol–water partition coefficient (Wildman–Crippen LogP) is 5.79. The van der Waals surface area contributed by atoms with Gasteiger partial charge in [0.15, 0.2) is 5.13 Å². The van der Waals surface area contributed by atoms with Crippen molar-refractivity contribution in [2.75, 3.05) is 51.4 Å². The van der Waals surface area contributed by atoms with E-state index in [9.17, 15) is 4.79 Å². The number of carbonyl (C=O) groups excluding carboxylic acids is 1. The summed E-state index contributed by atoms with van der Waals surface area (Å²) in [6, 6.07) is 11.9. The summed E-state index contributed by atoms with van der Waals surface area (Å²) in [7, 11) is 1.62. The van der Waals surface area contributed by atoms with E-state index in [0.29, 0.717) is 39.6 Å². The normalized spacial score (nSPS) is 14.2. The molecule has 0 saturated carbocycles. The first-order valence-corrected chi connectivity index (χ1v) is 13.5. The molecular formula is C25H31Cl2N3O3S2. The number of rotatable bonds is 9. The number of morpholine rings is 1. The fourth-order valence-corrected chi connectivity index (χ4v) is 5.98. The fourth-order valence-electron chi connectivity index (χ4n) is 3.84. The van der Waals surface area contributed by atoms with Gasteiger partial charge in [-0.25, -0.2) is 4.98 Å². The maximum Gasteiger partial charge on any atom is 0.233 e. The molecule has 0 aliphatic carbocycles. The molecule has 0 N–H and O–H groups in total. The number of carbonyl (C=O) groups is 1. The van der Waals surface area contributed by atoms with E-state index in [4.69, 9.17) is 26.1 Å². The molecule has 0 bridgehead atoms. The standard InChI is InChI=1S/C25H30ClN3O3S2.ClH/c1-17(2)33-19-6-4-18(5-7-19)16-22(30)29(11-10-28-12-14-32-15-13-28)25-27-23-21(31-3)9-8-20(26)24(23)34-25;/h4-9,17H,10-16H2,1-3H3;1H. The molecule has 1 aliphatic rings. The summed E-state index contributed by atoms with van der Waals surface area (Å²) in [5.41, 5.74) is 1.68. The van der Waals surface area contributed by atoms with Crippen LogP contribution in [0, 0.1) is 0 Å². The van der Waals surface area contributed by atoms with Gasteiger partial charge in [-0.2, -0.15) is 0 Å². The van der Waals surface area contributed by atoms with E-state index < -0.39 is 0 Å². The minimum atomic E-state index is 0. The summed E-state index contributed by atoms with van der Waals surface area (Å²) in [6.45, 7) is 8.86. The van der Waals surface area contributed by atoms with E-state index in [-0.39, 0.29) is 18.3 Å². The zero-order valence-corrected chi connectivity index (χ0v) is 23.4. The molecule has 0 radical (unpaired) electrons. The molecule has 10 heteroatoms. The van der Waals surface area contributed by atoms with Gasteiger partial charge < -0.3 is 9.47 Å². The minimum Gasteiger partial charge on any atom is -0.494 e. The Hall–Kier alpha value is -1.55. The van der Waals surface area contributed by atoms with E-state index in [1.54, 1.807) is 18.1 Å². The molecule has 1 fully saturated rings. The van der Waals surface area contributed by atoms with Gasteiger partial charge in [0.1, 0.15) is 11.3 Å². The number of benzene rings is 2. The van der Waals surface area contributed by atoms with Crippen molar-refractivity contribution in [3.05, 3.63) is 47.0 Å². The van der Waals surface area contributed by atoms with Crippen LogP contribution in [0.5, 0.6) is 5.75 Å². The second-order valence-corrected chi connectivity index (χ2v) is 11.4. The van der Waals surface area contributed by atoms with Crippen LogP contribution < -0.4 is 9.64 Å². The number of thioether (sulfide) groups is 1. The van der Waals surface area contributed by atoms with Crippen molar-refractivity contribution in [1.29, 1.82) is 0 Å². The van der Waals surface area contributed by atoms with Crippen molar-refractivity contribution in [2.24, 2.45) is 0 Å². The van der Waals surface area contributed by atoms with Crippen LogP contribution in [0.2, 0.25) is 5.02 Å². The van der Waals surface area contributed by atoms with Crippen LogP contribution in [-0.2, 0) is 16.0 Å². The summed E-state index contributed by atoms with van der Waals surface area (Å²) >= 11 is 9.70. The number of hydrogen-bond donors (Lipinski definition) is 0. The summed E-state index contributed by atoms with van der Waals surface area (Å²) in [4.78, 5) is 23.7. The number of methoxy groups -OCH3 is 1. The second-order valence-electron chi connectivity index (χ2n) is 8.41. The monoisotopic (exact) mass is 555 g/mol. The Morgan fingerprint density at radius 1 is 1.23 bits per heavy atom. The number of nitrogens with zero attached hydrogens (tertiary/aromatic N) is 3. The van der Waals surface area contributed by atoms with Gasteiger partial charge in [0, 0.05) is 36.3 Å². The maximum absolute atomic E-state index is 13.5. The molecule has 1 amide bonds. The first-order valence-electron chi connectivity index (χ1n) is 11.4. The van der Waals surface area contributed by atoms with E-state index in [1.807, 2.05) is 30.0 Å². The molecule has 0 unspecified atom stereocenters. The molecule has 2 heterocycles. The van der Waals surface area contributed by atoms with Crippen LogP contribution in [-0.4, -0.2) is 67.5 Å². The minimum absolute atomic E-state index is 0. The average molecular weight is 557 g/mol. The molecule has 35 heavy (non-hydrogen) atoms. The predicted molar refractivity (Wildman–Crippen MR) is 149 cm³/mol. The number of halogens is 2. The van der Waals surface area contributed by atoms with E-state index in [0.717, 1.165) is 43.1 Å². The Kier molecular flexibility index (Phi) is 10.5. The van der Waals surface area contributed by atoms with Crippen LogP contribution in [0.25, 0.3) is 10.2 Å². The third-order valence-corrected chi connectivity index (χ3v) is 8.15. The molecule has 6 nitrogen and oxygen atoms in total. The van der Waals surface area contributed by atoms with Crippen molar-refractivity contribution in [2.45, 2.75) is 30.4 Å². The third kappa shape index (κ3) is 7.24. The third-order valence-electron chi connectivity index (χ3n) is 5.59. The Balaban J connectivity index is 0.00000342. The topological polar surface area (TPSA) is 54.9 Å². The molecule has 0 spiro atoms. The molecule has 0 atom stereocenters. The summed E-state index contributed by atoms with van der Waals surface area (Å²) in [5, 5.41) is 1.77. The van der Waals surface area contributed by atoms with Crippen LogP contribution in [0.1, 0.15) is 19.4 Å². The lowest BCUT2D eigenvalue weighted by Gasteiger charge is -2.29. The number of ether oxygens (including phenoxy) is 2. The number of thiazole rings is 1. The quantitative estimate of drug-likeness (QED) is 0.311. The highest BCUT2D eigenvalue weighted by molar-refractivity contribution is 7.99. The number of anilines is 1. The molecule has 2 aromatic carbocycles. The van der Waals surface area contributed by atoms with Gasteiger partial charge in [0.25, 0.3) is 0 Å². The van der Waals surface area contributed by atoms with Crippen LogP contribution in [0.3, 0.4) is 0 Å². The largest absolute Gasteiger partial charge is 0.494 e. The van der Waals surface area contributed by atoms with Gasteiger partial charge in [0.2, 0.25) is 5.91 Å². The van der Waals surface area contributed by atoms with E-state index in [1.165, 1.54) is 16.2 Å². The number of amides is 1. The molecule has 190 valence electrons. The summed E-state index contributed by atoms with van der Waals surface area (Å²) in [6.07, 6.45) is 0.316. The number of fused-ring (bicyclic) bond motifs is 1. The van der Waals surface area contributed by atoms with Crippen molar-refractivity contribution in [3.8, 4) is 5.75 Å². The van der Waals surface area contributed by atoms with Crippen LogP contribution in [0.4, 0.5) is 5.13 Å². The average Bonchev–Trinajstić information content (AvgIpc) is 3.27. The maximum atomic E-state index is 13.5. The van der Waals surface area contributed by atoms with Crippen molar-refractivity contribution in [1.82, 2.24) is 9.88 Å². The van der Waals surface area contributed by atoms with E-state index >= 15 is 0 Å². The highest BCUT2D eigenvalue weighted by Gasteiger charge is 2.23. The highest BCUT2D eigenvalue weighted by Crippen LogP contribution is 2.39. The van der Waals surface area contributed by atoms with E-state index in [2.05, 4.69) is 30.9 Å². The van der Waals surface area contributed by atoms with Crippen molar-refractivity contribution >= 4 is 68.4 Å². The first kappa shape index (κ1) is 28.0. The Labute approximate surface area is 226 Å². The molecule has 4 rings (SSSR count). The van der Waals surface area contributed by atoms with Crippen molar-refractivity contribution in [3.63, 3.8) is 0 Å². The Bertz CT molecular complexity index is 1120. The molecule has 1 aliphatic heterocycles. The van der Waals surface area contributed by atoms with Gasteiger partial charge in [0.05, 0.1) is 36.5 Å². The number of hydrogen-bond acceptors (Lipinski definition) is 7. The number of aromatic nitrogens is 1. The van der Waals surface area contributed by atoms with Gasteiger partial charge >= 0.3 is 0 Å². The van der Waals surface area contributed by atoms with Gasteiger partial charge in [-0.15, -0.1) is 24.2 Å². The van der Waals surface area contributed by atoms with Gasteiger partial charge in [-0.3, -0.25) is 14.6 Å². The molecule has 3 aromatic rings. The Morgan fingerprint density at radius 2 is 1.94 bits per heavy atom. The SMILES string of the molecule is COc1ccc(Cl)c2sc(N(CCN3CCOCC3)C(=O)Cc3ccc(SC(C)C)cc3)nc12.Cl. The van der Waals surface area contributed by atoms with Crippen LogP contribution in [0.15, 0.2) is 41.3 Å². The zero-order valence-electron chi connectivity index (χ0n) is 20.2. The van der Waals surface area contributed by atoms with Crippen LogP contribution >= 0.6 is 47.1 Å². The molecule has 1 saturated heterocycles. The molecular weight excluding hydrogens is 525 g/mol. The van der Waals surface area contributed by atoms with Crippen molar-refractivity contribution < 1.29 is 14.3 Å². The lowest BCUT2D eigenvalue weighted by atomic mass is 10.1.